The van der Waals surface area contributed by atoms with Crippen molar-refractivity contribution in [3.05, 3.63) is 76.2 Å². The number of imidazole rings is 1. The highest BCUT2D eigenvalue weighted by molar-refractivity contribution is 6.35. The third-order valence-corrected chi connectivity index (χ3v) is 4.52. The lowest BCUT2D eigenvalue weighted by Gasteiger charge is -2.02. The van der Waals surface area contributed by atoms with Crippen LogP contribution in [0.4, 0.5) is 0 Å². The molecular formula is C20H17Cl2N3O. The van der Waals surface area contributed by atoms with Crippen LogP contribution in [0.3, 0.4) is 0 Å². The van der Waals surface area contributed by atoms with E-state index in [1.165, 1.54) is 0 Å². The van der Waals surface area contributed by atoms with Crippen molar-refractivity contribution < 1.29 is 4.42 Å². The van der Waals surface area contributed by atoms with Crippen molar-refractivity contribution in [2.75, 3.05) is 6.54 Å². The number of benzene rings is 2. The lowest BCUT2D eigenvalue weighted by atomic mass is 10.2. The maximum absolute atomic E-state index is 6.05. The van der Waals surface area contributed by atoms with Crippen LogP contribution in [0.15, 0.2) is 59.0 Å². The molecule has 4 nitrogen and oxygen atoms in total. The number of aromatic amines is 1. The molecule has 26 heavy (non-hydrogen) atoms. The number of H-pyrrole nitrogens is 1. The maximum Gasteiger partial charge on any atom is 0.134 e. The van der Waals surface area contributed by atoms with Gasteiger partial charge in [-0.15, -0.1) is 0 Å². The van der Waals surface area contributed by atoms with Crippen LogP contribution >= 0.6 is 23.2 Å². The van der Waals surface area contributed by atoms with Crippen LogP contribution in [0.1, 0.15) is 11.6 Å². The molecule has 0 unspecified atom stereocenters. The number of para-hydroxylation sites is 2. The van der Waals surface area contributed by atoms with E-state index >= 15 is 0 Å². The molecular weight excluding hydrogens is 369 g/mol. The molecule has 0 spiro atoms. The number of nitrogens with zero attached hydrogens (tertiary/aromatic N) is 1. The fraction of sp³-hybridized carbons (Fsp3) is 0.150. The predicted octanol–water partition coefficient (Wildman–Crippen LogP) is 5.46. The van der Waals surface area contributed by atoms with Gasteiger partial charge >= 0.3 is 0 Å². The van der Waals surface area contributed by atoms with Crippen molar-refractivity contribution >= 4 is 34.2 Å². The van der Waals surface area contributed by atoms with Crippen LogP contribution in [-0.2, 0) is 13.0 Å². The summed E-state index contributed by atoms with van der Waals surface area (Å²) in [5, 5.41) is 4.56. The van der Waals surface area contributed by atoms with Gasteiger partial charge in [0.25, 0.3) is 0 Å². The van der Waals surface area contributed by atoms with Gasteiger partial charge in [-0.2, -0.15) is 0 Å². The number of fused-ring (bicyclic) bond motifs is 1. The molecule has 4 rings (SSSR count). The topological polar surface area (TPSA) is 53.9 Å². The quantitative estimate of drug-likeness (QED) is 0.433. The van der Waals surface area contributed by atoms with Gasteiger partial charge in [0.05, 0.1) is 17.6 Å². The summed E-state index contributed by atoms with van der Waals surface area (Å²) in [5.74, 6) is 2.59. The van der Waals surface area contributed by atoms with E-state index in [1.54, 1.807) is 6.07 Å². The summed E-state index contributed by atoms with van der Waals surface area (Å²) in [6, 6.07) is 17.3. The Morgan fingerprint density at radius 1 is 1.00 bits per heavy atom. The fourth-order valence-electron chi connectivity index (χ4n) is 2.87. The zero-order chi connectivity index (χ0) is 17.9. The third-order valence-electron chi connectivity index (χ3n) is 4.08. The van der Waals surface area contributed by atoms with E-state index in [0.29, 0.717) is 16.6 Å². The van der Waals surface area contributed by atoms with Crippen LogP contribution in [0.5, 0.6) is 0 Å². The van der Waals surface area contributed by atoms with Crippen molar-refractivity contribution in [1.82, 2.24) is 15.3 Å². The molecule has 132 valence electrons. The summed E-state index contributed by atoms with van der Waals surface area (Å²) in [5.41, 5.74) is 2.94. The van der Waals surface area contributed by atoms with Gasteiger partial charge in [-0.3, -0.25) is 0 Å². The molecule has 4 aromatic rings. The van der Waals surface area contributed by atoms with Gasteiger partial charge in [0.2, 0.25) is 0 Å². The van der Waals surface area contributed by atoms with Gasteiger partial charge in [0.1, 0.15) is 17.3 Å². The van der Waals surface area contributed by atoms with Gasteiger partial charge in [0.15, 0.2) is 0 Å². The molecule has 2 aromatic heterocycles. The summed E-state index contributed by atoms with van der Waals surface area (Å²) in [7, 11) is 0. The zero-order valence-electron chi connectivity index (χ0n) is 13.9. The number of hydrogen-bond donors (Lipinski definition) is 2. The zero-order valence-corrected chi connectivity index (χ0v) is 15.4. The second kappa shape index (κ2) is 7.54. The average molecular weight is 386 g/mol. The van der Waals surface area contributed by atoms with E-state index < -0.39 is 0 Å². The Morgan fingerprint density at radius 2 is 1.81 bits per heavy atom. The van der Waals surface area contributed by atoms with Gasteiger partial charge in [-0.05, 0) is 42.5 Å². The van der Waals surface area contributed by atoms with Crippen LogP contribution in [0, 0.1) is 0 Å². The van der Waals surface area contributed by atoms with E-state index in [1.807, 2.05) is 48.5 Å². The van der Waals surface area contributed by atoms with Crippen molar-refractivity contribution in [1.29, 1.82) is 0 Å². The van der Waals surface area contributed by atoms with Gasteiger partial charge in [-0.1, -0.05) is 35.3 Å². The molecule has 2 N–H and O–H groups in total. The third kappa shape index (κ3) is 3.93. The van der Waals surface area contributed by atoms with Crippen LogP contribution < -0.4 is 5.32 Å². The number of rotatable bonds is 6. The van der Waals surface area contributed by atoms with E-state index in [4.69, 9.17) is 27.6 Å². The molecule has 0 atom stereocenters. The first-order valence-corrected chi connectivity index (χ1v) is 9.12. The number of furan rings is 1. The lowest BCUT2D eigenvalue weighted by molar-refractivity contribution is 0.494. The van der Waals surface area contributed by atoms with Gasteiger partial charge < -0.3 is 14.7 Å². The molecule has 0 aliphatic carbocycles. The van der Waals surface area contributed by atoms with E-state index in [9.17, 15) is 0 Å². The SMILES string of the molecule is Clc1cc(Cl)cc(-c2ccc(CNCCc3nc4ccccc4[nH]3)o2)c1. The highest BCUT2D eigenvalue weighted by Crippen LogP contribution is 2.28. The Balaban J connectivity index is 1.33. The Labute approximate surface area is 161 Å². The first-order valence-electron chi connectivity index (χ1n) is 8.37. The van der Waals surface area contributed by atoms with Crippen molar-refractivity contribution in [2.45, 2.75) is 13.0 Å². The molecule has 2 heterocycles. The summed E-state index contributed by atoms with van der Waals surface area (Å²) in [6.07, 6.45) is 0.826. The van der Waals surface area contributed by atoms with Crippen molar-refractivity contribution in [3.8, 4) is 11.3 Å². The van der Waals surface area contributed by atoms with E-state index in [0.717, 1.165) is 46.9 Å². The summed E-state index contributed by atoms with van der Waals surface area (Å²) in [4.78, 5) is 7.90. The van der Waals surface area contributed by atoms with Gasteiger partial charge in [0, 0.05) is 28.6 Å². The summed E-state index contributed by atoms with van der Waals surface area (Å²) < 4.78 is 5.88. The molecule has 0 radical (unpaired) electrons. The molecule has 0 bridgehead atoms. The number of hydrogen-bond acceptors (Lipinski definition) is 3. The van der Waals surface area contributed by atoms with Crippen LogP contribution in [0.2, 0.25) is 10.0 Å². The van der Waals surface area contributed by atoms with Crippen LogP contribution in [0.25, 0.3) is 22.4 Å². The molecule has 0 fully saturated rings. The molecule has 0 saturated carbocycles. The van der Waals surface area contributed by atoms with E-state index in [2.05, 4.69) is 15.3 Å². The number of aromatic nitrogens is 2. The average Bonchev–Trinajstić information content (AvgIpc) is 3.24. The Hall–Kier alpha value is -2.27. The molecule has 0 amide bonds. The maximum atomic E-state index is 6.05. The lowest BCUT2D eigenvalue weighted by Crippen LogP contribution is -2.16. The van der Waals surface area contributed by atoms with E-state index in [-0.39, 0.29) is 0 Å². The van der Waals surface area contributed by atoms with Crippen molar-refractivity contribution in [3.63, 3.8) is 0 Å². The molecule has 0 aliphatic heterocycles. The first-order chi connectivity index (χ1) is 12.7. The molecule has 2 aromatic carbocycles. The highest BCUT2D eigenvalue weighted by atomic mass is 35.5. The highest BCUT2D eigenvalue weighted by Gasteiger charge is 2.07. The number of nitrogens with one attached hydrogen (secondary N) is 2. The minimum absolute atomic E-state index is 0.592. The smallest absolute Gasteiger partial charge is 0.134 e. The molecule has 0 saturated heterocycles. The summed E-state index contributed by atoms with van der Waals surface area (Å²) >= 11 is 12.1. The monoisotopic (exact) mass is 385 g/mol. The standard InChI is InChI=1S/C20H17Cl2N3O/c21-14-9-13(10-15(22)11-14)19-6-5-16(26-19)12-23-8-7-20-24-17-3-1-2-4-18(17)25-20/h1-6,9-11,23H,7-8,12H2,(H,24,25). The van der Waals surface area contributed by atoms with Gasteiger partial charge in [-0.25, -0.2) is 4.98 Å². The molecule has 0 aliphatic rings. The number of halogens is 2. The Bertz CT molecular complexity index is 985. The normalized spacial score (nSPS) is 11.3. The second-order valence-corrected chi connectivity index (χ2v) is 6.92. The van der Waals surface area contributed by atoms with Crippen LogP contribution in [-0.4, -0.2) is 16.5 Å². The minimum Gasteiger partial charge on any atom is -0.460 e. The Morgan fingerprint density at radius 3 is 2.62 bits per heavy atom. The first kappa shape index (κ1) is 17.2. The predicted molar refractivity (Wildman–Crippen MR) is 106 cm³/mol. The molecule has 6 heteroatoms. The fourth-order valence-corrected chi connectivity index (χ4v) is 3.39. The second-order valence-electron chi connectivity index (χ2n) is 6.05. The van der Waals surface area contributed by atoms with Crippen molar-refractivity contribution in [2.24, 2.45) is 0 Å². The largest absolute Gasteiger partial charge is 0.460 e. The minimum atomic E-state index is 0.592. The summed E-state index contributed by atoms with van der Waals surface area (Å²) in [6.45, 7) is 1.45. The Kier molecular flexibility index (Phi) is 4.98.